The number of hydrogen-bond donors (Lipinski definition) is 1. The Bertz CT molecular complexity index is 239. The summed E-state index contributed by atoms with van der Waals surface area (Å²) in [7, 11) is 4.53. The van der Waals surface area contributed by atoms with Crippen molar-refractivity contribution in [1.82, 2.24) is 5.32 Å². The molecule has 0 spiro atoms. The summed E-state index contributed by atoms with van der Waals surface area (Å²) in [6.45, 7) is 0.637. The van der Waals surface area contributed by atoms with Crippen LogP contribution in [0.4, 0.5) is 0 Å². The van der Waals surface area contributed by atoms with Crippen LogP contribution in [0.2, 0.25) is 0 Å². The van der Waals surface area contributed by atoms with Crippen LogP contribution in [0.25, 0.3) is 0 Å². The summed E-state index contributed by atoms with van der Waals surface area (Å²) in [5.41, 5.74) is 0.700. The van der Waals surface area contributed by atoms with Gasteiger partial charge in [-0.05, 0) is 0 Å². The third kappa shape index (κ3) is 2.24. The van der Waals surface area contributed by atoms with E-state index in [1.165, 1.54) is 13.2 Å². The van der Waals surface area contributed by atoms with Crippen LogP contribution in [0.1, 0.15) is 0 Å². The SMILES string of the molecule is COC(=O)/C=C1\NC[C@@H](OC)[C@@H]1OC. The van der Waals surface area contributed by atoms with Crippen LogP contribution in [0, 0.1) is 0 Å². The van der Waals surface area contributed by atoms with Gasteiger partial charge in [-0.1, -0.05) is 0 Å². The van der Waals surface area contributed by atoms with Crippen LogP contribution in [0.15, 0.2) is 11.8 Å². The molecule has 5 heteroatoms. The van der Waals surface area contributed by atoms with E-state index in [1.54, 1.807) is 14.2 Å². The lowest BCUT2D eigenvalue weighted by Crippen LogP contribution is -2.27. The minimum absolute atomic E-state index is 0.0593. The molecule has 2 atom stereocenters. The van der Waals surface area contributed by atoms with E-state index in [0.29, 0.717) is 12.2 Å². The van der Waals surface area contributed by atoms with E-state index >= 15 is 0 Å². The molecule has 1 heterocycles. The van der Waals surface area contributed by atoms with Crippen molar-refractivity contribution in [3.63, 3.8) is 0 Å². The lowest BCUT2D eigenvalue weighted by molar-refractivity contribution is -0.135. The maximum atomic E-state index is 11.0. The van der Waals surface area contributed by atoms with Gasteiger partial charge in [-0.25, -0.2) is 4.79 Å². The Morgan fingerprint density at radius 1 is 1.43 bits per heavy atom. The number of rotatable bonds is 3. The molecular weight excluding hydrogens is 186 g/mol. The normalized spacial score (nSPS) is 28.9. The van der Waals surface area contributed by atoms with Gasteiger partial charge in [0.25, 0.3) is 0 Å². The maximum Gasteiger partial charge on any atom is 0.332 e. The highest BCUT2D eigenvalue weighted by molar-refractivity contribution is 5.82. The number of carbonyl (C=O) groups is 1. The molecule has 0 aromatic heterocycles. The second kappa shape index (κ2) is 4.97. The van der Waals surface area contributed by atoms with Crippen LogP contribution in [-0.2, 0) is 19.0 Å². The first-order valence-corrected chi connectivity index (χ1v) is 4.32. The van der Waals surface area contributed by atoms with E-state index in [1.807, 2.05) is 0 Å². The highest BCUT2D eigenvalue weighted by Gasteiger charge is 2.31. The van der Waals surface area contributed by atoms with Gasteiger partial charge in [0, 0.05) is 26.8 Å². The molecule has 1 N–H and O–H groups in total. The molecule has 1 aliphatic rings. The smallest absolute Gasteiger partial charge is 0.332 e. The van der Waals surface area contributed by atoms with Gasteiger partial charge in [0.2, 0.25) is 0 Å². The highest BCUT2D eigenvalue weighted by Crippen LogP contribution is 2.17. The first-order valence-electron chi connectivity index (χ1n) is 4.32. The Balaban J connectivity index is 2.71. The Morgan fingerprint density at radius 3 is 2.64 bits per heavy atom. The summed E-state index contributed by atoms with van der Waals surface area (Å²) >= 11 is 0. The molecule has 0 saturated carbocycles. The van der Waals surface area contributed by atoms with E-state index in [0.717, 1.165) is 0 Å². The number of carbonyl (C=O) groups excluding carboxylic acids is 1. The van der Waals surface area contributed by atoms with Crippen LogP contribution in [0.3, 0.4) is 0 Å². The average molecular weight is 201 g/mol. The third-order valence-electron chi connectivity index (χ3n) is 2.18. The zero-order valence-corrected chi connectivity index (χ0v) is 8.57. The van der Waals surface area contributed by atoms with Gasteiger partial charge in [-0.15, -0.1) is 0 Å². The van der Waals surface area contributed by atoms with Crippen molar-refractivity contribution in [2.45, 2.75) is 12.2 Å². The van der Waals surface area contributed by atoms with Gasteiger partial charge >= 0.3 is 5.97 Å². The second-order valence-electron chi connectivity index (χ2n) is 2.93. The maximum absolute atomic E-state index is 11.0. The molecule has 1 rings (SSSR count). The Kier molecular flexibility index (Phi) is 3.91. The van der Waals surface area contributed by atoms with Crippen LogP contribution in [-0.4, -0.2) is 46.1 Å². The molecule has 0 unspecified atom stereocenters. The van der Waals surface area contributed by atoms with Crippen LogP contribution < -0.4 is 5.32 Å². The summed E-state index contributed by atoms with van der Waals surface area (Å²) < 4.78 is 14.9. The van der Waals surface area contributed by atoms with Gasteiger partial charge in [0.1, 0.15) is 12.2 Å². The molecule has 5 nitrogen and oxygen atoms in total. The van der Waals surface area contributed by atoms with Crippen molar-refractivity contribution in [3.05, 3.63) is 11.8 Å². The fourth-order valence-corrected chi connectivity index (χ4v) is 1.43. The lowest BCUT2D eigenvalue weighted by atomic mass is 10.2. The summed E-state index contributed by atoms with van der Waals surface area (Å²) in [4.78, 5) is 11.0. The molecule has 0 aromatic rings. The first-order chi connectivity index (χ1) is 6.72. The number of hydrogen-bond acceptors (Lipinski definition) is 5. The summed E-state index contributed by atoms with van der Waals surface area (Å²) in [5.74, 6) is -0.397. The molecule has 0 radical (unpaired) electrons. The van der Waals surface area contributed by atoms with Gasteiger partial charge in [0.05, 0.1) is 12.8 Å². The van der Waals surface area contributed by atoms with E-state index in [2.05, 4.69) is 10.1 Å². The Morgan fingerprint density at radius 2 is 2.14 bits per heavy atom. The monoisotopic (exact) mass is 201 g/mol. The van der Waals surface area contributed by atoms with Gasteiger partial charge in [0.15, 0.2) is 0 Å². The van der Waals surface area contributed by atoms with Crippen LogP contribution >= 0.6 is 0 Å². The van der Waals surface area contributed by atoms with Crippen molar-refractivity contribution >= 4 is 5.97 Å². The number of methoxy groups -OCH3 is 3. The Hall–Kier alpha value is -1.07. The minimum atomic E-state index is -0.397. The fraction of sp³-hybridized carbons (Fsp3) is 0.667. The van der Waals surface area contributed by atoms with E-state index < -0.39 is 5.97 Å². The summed E-state index contributed by atoms with van der Waals surface area (Å²) in [5, 5.41) is 3.03. The van der Waals surface area contributed by atoms with Gasteiger partial charge < -0.3 is 19.5 Å². The number of nitrogens with one attached hydrogen (secondary N) is 1. The van der Waals surface area contributed by atoms with E-state index in [4.69, 9.17) is 9.47 Å². The molecule has 0 aromatic carbocycles. The fourth-order valence-electron chi connectivity index (χ4n) is 1.43. The molecule has 1 fully saturated rings. The van der Waals surface area contributed by atoms with Gasteiger partial charge in [-0.3, -0.25) is 0 Å². The molecule has 0 bridgehead atoms. The lowest BCUT2D eigenvalue weighted by Gasteiger charge is -2.15. The minimum Gasteiger partial charge on any atom is -0.466 e. The second-order valence-corrected chi connectivity index (χ2v) is 2.93. The van der Waals surface area contributed by atoms with E-state index in [-0.39, 0.29) is 12.2 Å². The molecule has 0 aliphatic carbocycles. The van der Waals surface area contributed by atoms with Crippen LogP contribution in [0.5, 0.6) is 0 Å². The summed E-state index contributed by atoms with van der Waals surface area (Å²) in [6.07, 6.45) is 1.10. The quantitative estimate of drug-likeness (QED) is 0.501. The Labute approximate surface area is 83.0 Å². The zero-order chi connectivity index (χ0) is 10.6. The van der Waals surface area contributed by atoms with Crippen molar-refractivity contribution in [3.8, 4) is 0 Å². The molecule has 0 amide bonds. The largest absolute Gasteiger partial charge is 0.466 e. The topological polar surface area (TPSA) is 56.8 Å². The molecule has 1 saturated heterocycles. The molecule has 80 valence electrons. The number of esters is 1. The molecule has 14 heavy (non-hydrogen) atoms. The zero-order valence-electron chi connectivity index (χ0n) is 8.57. The van der Waals surface area contributed by atoms with Crippen molar-refractivity contribution in [1.29, 1.82) is 0 Å². The van der Waals surface area contributed by atoms with Crippen molar-refractivity contribution < 1.29 is 19.0 Å². The predicted molar refractivity (Wildman–Crippen MR) is 49.7 cm³/mol. The number of ether oxygens (including phenoxy) is 3. The average Bonchev–Trinajstić information content (AvgIpc) is 2.59. The van der Waals surface area contributed by atoms with E-state index in [9.17, 15) is 4.79 Å². The summed E-state index contributed by atoms with van der Waals surface area (Å²) in [6, 6.07) is 0. The van der Waals surface area contributed by atoms with Crippen molar-refractivity contribution in [2.24, 2.45) is 0 Å². The first kappa shape index (κ1) is 11.0. The standard InChI is InChI=1S/C9H15NO4/c1-12-7-5-10-6(9(7)14-3)4-8(11)13-2/h4,7,9-10H,5H2,1-3H3/b6-4-/t7-,9-/m1/s1. The molecule has 1 aliphatic heterocycles. The van der Waals surface area contributed by atoms with Crippen molar-refractivity contribution in [2.75, 3.05) is 27.9 Å². The third-order valence-corrected chi connectivity index (χ3v) is 2.18. The highest BCUT2D eigenvalue weighted by atomic mass is 16.5. The van der Waals surface area contributed by atoms with Gasteiger partial charge in [-0.2, -0.15) is 0 Å². The molecular formula is C9H15NO4. The predicted octanol–water partition coefficient (Wildman–Crippen LogP) is -0.324.